The predicted octanol–water partition coefficient (Wildman–Crippen LogP) is 0.855. The average Bonchev–Trinajstić information content (AvgIpc) is 2.76. The summed E-state index contributed by atoms with van der Waals surface area (Å²) >= 11 is 0. The number of nitrogens with two attached hydrogens (primary N) is 1. The van der Waals surface area contributed by atoms with Gasteiger partial charge in [-0.15, -0.1) is 0 Å². The van der Waals surface area contributed by atoms with Crippen molar-refractivity contribution in [2.24, 2.45) is 0 Å². The summed E-state index contributed by atoms with van der Waals surface area (Å²) in [5.41, 5.74) is 7.48. The summed E-state index contributed by atoms with van der Waals surface area (Å²) in [5, 5.41) is 3.08. The van der Waals surface area contributed by atoms with E-state index in [2.05, 4.69) is 10.3 Å². The van der Waals surface area contributed by atoms with E-state index >= 15 is 0 Å². The van der Waals surface area contributed by atoms with Crippen molar-refractivity contribution in [2.45, 2.75) is 12.8 Å². The first-order chi connectivity index (χ1) is 9.17. The van der Waals surface area contributed by atoms with Crippen LogP contribution in [0.2, 0.25) is 0 Å². The molecule has 0 fully saturated rings. The van der Waals surface area contributed by atoms with E-state index in [-0.39, 0.29) is 0 Å². The highest BCUT2D eigenvalue weighted by atomic mass is 16.5. The SMILES string of the molecule is CNCCCc1nc(C(=O)OC)c2ccc(N)cn12. The van der Waals surface area contributed by atoms with Gasteiger partial charge < -0.3 is 20.2 Å². The molecule has 102 valence electrons. The van der Waals surface area contributed by atoms with E-state index in [1.54, 1.807) is 18.3 Å². The predicted molar refractivity (Wildman–Crippen MR) is 73.2 cm³/mol. The molecule has 0 saturated carbocycles. The standard InChI is InChI=1S/C13H18N4O2/c1-15-7-3-4-11-16-12(13(18)19-2)10-6-5-9(14)8-17(10)11/h5-6,8,15H,3-4,7,14H2,1-2H3. The minimum Gasteiger partial charge on any atom is -0.464 e. The third-order valence-corrected chi connectivity index (χ3v) is 2.94. The number of rotatable bonds is 5. The molecule has 2 aromatic rings. The zero-order valence-corrected chi connectivity index (χ0v) is 11.1. The second-order valence-electron chi connectivity index (χ2n) is 4.29. The number of nitrogens with zero attached hydrogens (tertiary/aromatic N) is 2. The molecule has 6 heteroatoms. The van der Waals surface area contributed by atoms with Gasteiger partial charge in [-0.25, -0.2) is 9.78 Å². The fourth-order valence-corrected chi connectivity index (χ4v) is 2.01. The third kappa shape index (κ3) is 2.68. The Morgan fingerprint density at radius 2 is 2.32 bits per heavy atom. The highest BCUT2D eigenvalue weighted by molar-refractivity contribution is 5.95. The van der Waals surface area contributed by atoms with Crippen molar-refractivity contribution in [1.29, 1.82) is 0 Å². The number of carbonyl (C=O) groups excluding carboxylic acids is 1. The van der Waals surface area contributed by atoms with Crippen LogP contribution >= 0.6 is 0 Å². The highest BCUT2D eigenvalue weighted by Gasteiger charge is 2.17. The Kier molecular flexibility index (Phi) is 4.01. The van der Waals surface area contributed by atoms with Gasteiger partial charge in [0.05, 0.1) is 12.6 Å². The van der Waals surface area contributed by atoms with Gasteiger partial charge in [-0.2, -0.15) is 0 Å². The maximum absolute atomic E-state index is 11.7. The summed E-state index contributed by atoms with van der Waals surface area (Å²) in [5.74, 6) is 0.389. The van der Waals surface area contributed by atoms with Crippen LogP contribution in [0.3, 0.4) is 0 Å². The van der Waals surface area contributed by atoms with E-state index in [0.29, 0.717) is 11.4 Å². The van der Waals surface area contributed by atoms with Crippen molar-refractivity contribution < 1.29 is 9.53 Å². The number of hydrogen-bond donors (Lipinski definition) is 2. The number of anilines is 1. The lowest BCUT2D eigenvalue weighted by Crippen LogP contribution is -2.09. The van der Waals surface area contributed by atoms with Crippen LogP contribution in [0.25, 0.3) is 5.52 Å². The first-order valence-corrected chi connectivity index (χ1v) is 6.16. The van der Waals surface area contributed by atoms with E-state index in [4.69, 9.17) is 10.5 Å². The first kappa shape index (κ1) is 13.4. The maximum atomic E-state index is 11.7. The topological polar surface area (TPSA) is 81.6 Å². The van der Waals surface area contributed by atoms with Gasteiger partial charge in [-0.3, -0.25) is 0 Å². The van der Waals surface area contributed by atoms with Crippen LogP contribution in [0.1, 0.15) is 22.7 Å². The van der Waals surface area contributed by atoms with E-state index in [1.165, 1.54) is 7.11 Å². The Bertz CT molecular complexity index is 592. The van der Waals surface area contributed by atoms with Crippen LogP contribution in [0.5, 0.6) is 0 Å². The molecule has 0 aliphatic rings. The molecular weight excluding hydrogens is 244 g/mol. The van der Waals surface area contributed by atoms with Crippen LogP contribution in [-0.4, -0.2) is 36.1 Å². The molecule has 0 saturated heterocycles. The van der Waals surface area contributed by atoms with Crippen molar-refractivity contribution in [3.8, 4) is 0 Å². The molecule has 3 N–H and O–H groups in total. The van der Waals surface area contributed by atoms with Gasteiger partial charge in [-0.1, -0.05) is 0 Å². The minimum atomic E-state index is -0.429. The van der Waals surface area contributed by atoms with Gasteiger partial charge in [0.2, 0.25) is 0 Å². The van der Waals surface area contributed by atoms with Gasteiger partial charge in [0, 0.05) is 18.3 Å². The number of esters is 1. The number of carbonyl (C=O) groups is 1. The Balaban J connectivity index is 2.44. The molecule has 0 unspecified atom stereocenters. The number of fused-ring (bicyclic) bond motifs is 1. The molecule has 2 aromatic heterocycles. The Morgan fingerprint density at radius 1 is 1.53 bits per heavy atom. The number of ether oxygens (including phenoxy) is 1. The molecule has 0 bridgehead atoms. The summed E-state index contributed by atoms with van der Waals surface area (Å²) in [6.07, 6.45) is 3.48. The molecule has 0 radical (unpaired) electrons. The van der Waals surface area contributed by atoms with Crippen LogP contribution in [0, 0.1) is 0 Å². The van der Waals surface area contributed by atoms with Gasteiger partial charge in [0.25, 0.3) is 0 Å². The van der Waals surface area contributed by atoms with Crippen molar-refractivity contribution in [2.75, 3.05) is 26.4 Å². The molecule has 6 nitrogen and oxygen atoms in total. The lowest BCUT2D eigenvalue weighted by molar-refractivity contribution is 0.0597. The molecule has 2 rings (SSSR count). The number of aromatic nitrogens is 2. The molecule has 0 amide bonds. The Labute approximate surface area is 111 Å². The second-order valence-corrected chi connectivity index (χ2v) is 4.29. The highest BCUT2D eigenvalue weighted by Crippen LogP contribution is 2.17. The summed E-state index contributed by atoms with van der Waals surface area (Å²) in [7, 11) is 3.26. The number of nitrogens with one attached hydrogen (secondary N) is 1. The lowest BCUT2D eigenvalue weighted by atomic mass is 10.3. The maximum Gasteiger partial charge on any atom is 0.358 e. The van der Waals surface area contributed by atoms with Crippen LogP contribution in [-0.2, 0) is 11.2 Å². The van der Waals surface area contributed by atoms with Crippen molar-refractivity contribution in [3.05, 3.63) is 29.8 Å². The number of hydrogen-bond acceptors (Lipinski definition) is 5. The fourth-order valence-electron chi connectivity index (χ4n) is 2.01. The molecule has 0 aliphatic carbocycles. The van der Waals surface area contributed by atoms with Gasteiger partial charge in [0.1, 0.15) is 5.82 Å². The van der Waals surface area contributed by atoms with Gasteiger partial charge >= 0.3 is 5.97 Å². The van der Waals surface area contributed by atoms with Crippen molar-refractivity contribution in [3.63, 3.8) is 0 Å². The number of imidazole rings is 1. The molecule has 19 heavy (non-hydrogen) atoms. The summed E-state index contributed by atoms with van der Waals surface area (Å²) in [4.78, 5) is 16.1. The Hall–Kier alpha value is -2.08. The number of pyridine rings is 1. The summed E-state index contributed by atoms with van der Waals surface area (Å²) in [6.45, 7) is 0.894. The van der Waals surface area contributed by atoms with Crippen molar-refractivity contribution >= 4 is 17.2 Å². The lowest BCUT2D eigenvalue weighted by Gasteiger charge is -2.02. The van der Waals surface area contributed by atoms with E-state index < -0.39 is 5.97 Å². The largest absolute Gasteiger partial charge is 0.464 e. The van der Waals surface area contributed by atoms with Crippen LogP contribution in [0.15, 0.2) is 18.3 Å². The Morgan fingerprint density at radius 3 is 3.00 bits per heavy atom. The van der Waals surface area contributed by atoms with E-state index in [1.807, 2.05) is 11.4 Å². The summed E-state index contributed by atoms with van der Waals surface area (Å²) in [6, 6.07) is 3.54. The normalized spacial score (nSPS) is 10.8. The van der Waals surface area contributed by atoms with E-state index in [9.17, 15) is 4.79 Å². The molecule has 0 aliphatic heterocycles. The smallest absolute Gasteiger partial charge is 0.358 e. The van der Waals surface area contributed by atoms with Crippen LogP contribution in [0.4, 0.5) is 5.69 Å². The monoisotopic (exact) mass is 262 g/mol. The quantitative estimate of drug-likeness (QED) is 0.617. The zero-order chi connectivity index (χ0) is 13.8. The fraction of sp³-hybridized carbons (Fsp3) is 0.385. The van der Waals surface area contributed by atoms with Gasteiger partial charge in [-0.05, 0) is 32.1 Å². The second kappa shape index (κ2) is 5.71. The summed E-state index contributed by atoms with van der Waals surface area (Å²) < 4.78 is 6.61. The minimum absolute atomic E-state index is 0.335. The third-order valence-electron chi connectivity index (χ3n) is 2.94. The number of nitrogen functional groups attached to an aromatic ring is 1. The van der Waals surface area contributed by atoms with E-state index in [0.717, 1.165) is 30.7 Å². The van der Waals surface area contributed by atoms with Gasteiger partial charge in [0.15, 0.2) is 5.69 Å². The molecule has 0 spiro atoms. The number of methoxy groups -OCH3 is 1. The molecular formula is C13H18N4O2. The first-order valence-electron chi connectivity index (χ1n) is 6.16. The van der Waals surface area contributed by atoms with Crippen LogP contribution < -0.4 is 11.1 Å². The van der Waals surface area contributed by atoms with Crippen molar-refractivity contribution in [1.82, 2.24) is 14.7 Å². The molecule has 2 heterocycles. The number of aryl methyl sites for hydroxylation is 1. The zero-order valence-electron chi connectivity index (χ0n) is 11.1. The molecule has 0 aromatic carbocycles. The molecule has 0 atom stereocenters. The average molecular weight is 262 g/mol.